The molecular weight excluding hydrogens is 333 g/mol. The minimum atomic E-state index is -0.685. The van der Waals surface area contributed by atoms with Crippen molar-refractivity contribution in [2.45, 2.75) is 12.8 Å². The van der Waals surface area contributed by atoms with Gasteiger partial charge in [-0.05, 0) is 18.2 Å². The predicted molar refractivity (Wildman–Crippen MR) is 79.2 cm³/mol. The van der Waals surface area contributed by atoms with Crippen LogP contribution in [0.5, 0.6) is 11.5 Å². The summed E-state index contributed by atoms with van der Waals surface area (Å²) in [5, 5.41) is 20.6. The smallest absolute Gasteiger partial charge is 0.256 e. The van der Waals surface area contributed by atoms with Gasteiger partial charge in [0.25, 0.3) is 5.88 Å². The minimum absolute atomic E-state index is 0.0259. The number of hydrogen-bond donors (Lipinski definition) is 2. The molecule has 2 heterocycles. The van der Waals surface area contributed by atoms with Crippen LogP contribution >= 0.6 is 23.2 Å². The van der Waals surface area contributed by atoms with E-state index in [0.29, 0.717) is 20.5 Å². The Balaban J connectivity index is 2.13. The Morgan fingerprint density at radius 2 is 1.50 bits per heavy atom. The van der Waals surface area contributed by atoms with E-state index < -0.39 is 29.2 Å². The lowest BCUT2D eigenvalue weighted by Gasteiger charge is -2.09. The molecule has 0 radical (unpaired) electrons. The molecule has 1 aliphatic rings. The molecule has 0 spiro atoms. The first-order valence-corrected chi connectivity index (χ1v) is 7.01. The van der Waals surface area contributed by atoms with E-state index in [0.717, 1.165) is 0 Å². The topological polar surface area (TPSA) is 91.0 Å². The van der Waals surface area contributed by atoms with Crippen LogP contribution < -0.4 is 4.90 Å². The van der Waals surface area contributed by atoms with Gasteiger partial charge in [-0.2, -0.15) is 0 Å². The molecule has 6 nitrogen and oxygen atoms in total. The second kappa shape index (κ2) is 5.23. The molecule has 1 aromatic carbocycles. The molecule has 0 unspecified atom stereocenters. The average molecular weight is 342 g/mol. The fourth-order valence-electron chi connectivity index (χ4n) is 2.24. The summed E-state index contributed by atoms with van der Waals surface area (Å²) in [6.07, 6.45) is 0.0517. The number of rotatable bonds is 2. The number of benzene rings is 1. The van der Waals surface area contributed by atoms with Crippen LogP contribution in [0.1, 0.15) is 12.8 Å². The highest BCUT2D eigenvalue weighted by atomic mass is 35.5. The van der Waals surface area contributed by atoms with Gasteiger partial charge in [-0.1, -0.05) is 23.2 Å². The zero-order valence-electron chi connectivity index (χ0n) is 11.0. The zero-order chi connectivity index (χ0) is 16.0. The van der Waals surface area contributed by atoms with Crippen molar-refractivity contribution >= 4 is 40.9 Å². The SMILES string of the molecule is O=C1CCC(=O)N1c1oc(-c2cc(Cl)cc(Cl)c2)c(O)c1O. The van der Waals surface area contributed by atoms with Gasteiger partial charge >= 0.3 is 0 Å². The third kappa shape index (κ3) is 2.30. The zero-order valence-corrected chi connectivity index (χ0v) is 12.5. The molecule has 8 heteroatoms. The highest BCUT2D eigenvalue weighted by molar-refractivity contribution is 6.35. The van der Waals surface area contributed by atoms with Crippen LogP contribution in [0.15, 0.2) is 22.6 Å². The monoisotopic (exact) mass is 341 g/mol. The van der Waals surface area contributed by atoms with Crippen molar-refractivity contribution < 1.29 is 24.2 Å². The van der Waals surface area contributed by atoms with Gasteiger partial charge in [0.15, 0.2) is 5.76 Å². The van der Waals surface area contributed by atoms with Crippen molar-refractivity contribution in [2.24, 2.45) is 0 Å². The van der Waals surface area contributed by atoms with Crippen LogP contribution in [-0.4, -0.2) is 22.0 Å². The fourth-order valence-corrected chi connectivity index (χ4v) is 2.76. The standard InChI is InChI=1S/C14H9Cl2NO5/c15-7-3-6(4-8(16)5-7)13-11(20)12(21)14(22-13)17-9(18)1-2-10(17)19/h3-5,20-21H,1-2H2. The molecule has 1 fully saturated rings. The molecule has 1 aliphatic heterocycles. The number of carbonyl (C=O) groups excluding carboxylic acids is 2. The number of amides is 2. The van der Waals surface area contributed by atoms with Crippen LogP contribution in [0.3, 0.4) is 0 Å². The number of imide groups is 1. The molecule has 1 saturated heterocycles. The Labute approximate surface area is 134 Å². The van der Waals surface area contributed by atoms with E-state index in [1.807, 2.05) is 0 Å². The Kier molecular flexibility index (Phi) is 3.50. The molecule has 0 aliphatic carbocycles. The molecule has 2 amide bonds. The summed E-state index contributed by atoms with van der Waals surface area (Å²) >= 11 is 11.8. The van der Waals surface area contributed by atoms with Crippen LogP contribution in [0, 0.1) is 0 Å². The van der Waals surface area contributed by atoms with Gasteiger partial charge < -0.3 is 14.6 Å². The summed E-state index contributed by atoms with van der Waals surface area (Å²) in [6, 6.07) is 4.41. The number of nitrogens with zero attached hydrogens (tertiary/aromatic N) is 1. The van der Waals surface area contributed by atoms with E-state index >= 15 is 0 Å². The Bertz CT molecular complexity index is 763. The van der Waals surface area contributed by atoms with Crippen LogP contribution in [0.2, 0.25) is 10.0 Å². The summed E-state index contributed by atoms with van der Waals surface area (Å²) in [5.74, 6) is -2.84. The van der Waals surface area contributed by atoms with E-state index in [1.54, 1.807) is 0 Å². The summed E-state index contributed by atoms with van der Waals surface area (Å²) in [5.41, 5.74) is 0.302. The van der Waals surface area contributed by atoms with Gasteiger partial charge in [-0.15, -0.1) is 0 Å². The lowest BCUT2D eigenvalue weighted by atomic mass is 10.1. The van der Waals surface area contributed by atoms with Gasteiger partial charge in [-0.3, -0.25) is 9.59 Å². The normalized spacial score (nSPS) is 14.9. The number of halogens is 2. The molecule has 0 saturated carbocycles. The Hall–Kier alpha value is -2.18. The van der Waals surface area contributed by atoms with Gasteiger partial charge in [0.1, 0.15) is 0 Å². The maximum absolute atomic E-state index is 11.7. The van der Waals surface area contributed by atoms with Crippen LogP contribution in [0.25, 0.3) is 11.3 Å². The third-order valence-electron chi connectivity index (χ3n) is 3.22. The average Bonchev–Trinajstić information content (AvgIpc) is 2.91. The molecule has 2 N–H and O–H groups in total. The van der Waals surface area contributed by atoms with E-state index in [1.165, 1.54) is 18.2 Å². The molecular formula is C14H9Cl2NO5. The molecule has 3 rings (SSSR count). The van der Waals surface area contributed by atoms with E-state index in [2.05, 4.69) is 0 Å². The second-order valence-corrected chi connectivity index (χ2v) is 5.59. The lowest BCUT2D eigenvalue weighted by molar-refractivity contribution is -0.121. The highest BCUT2D eigenvalue weighted by Gasteiger charge is 2.37. The van der Waals surface area contributed by atoms with Crippen molar-refractivity contribution in [3.63, 3.8) is 0 Å². The molecule has 22 heavy (non-hydrogen) atoms. The largest absolute Gasteiger partial charge is 0.502 e. The van der Waals surface area contributed by atoms with E-state index in [-0.39, 0.29) is 18.6 Å². The Morgan fingerprint density at radius 3 is 2.05 bits per heavy atom. The first-order valence-electron chi connectivity index (χ1n) is 6.25. The predicted octanol–water partition coefficient (Wildman–Crippen LogP) is 3.32. The summed E-state index contributed by atoms with van der Waals surface area (Å²) in [6.45, 7) is 0. The number of anilines is 1. The molecule has 114 valence electrons. The minimum Gasteiger partial charge on any atom is -0.502 e. The Morgan fingerprint density at radius 1 is 0.955 bits per heavy atom. The maximum Gasteiger partial charge on any atom is 0.256 e. The molecule has 2 aromatic rings. The second-order valence-electron chi connectivity index (χ2n) is 4.71. The lowest BCUT2D eigenvalue weighted by Crippen LogP contribution is -2.28. The number of hydrogen-bond acceptors (Lipinski definition) is 5. The number of aromatic hydroxyl groups is 2. The summed E-state index contributed by atoms with van der Waals surface area (Å²) in [7, 11) is 0. The van der Waals surface area contributed by atoms with Gasteiger partial charge in [0.05, 0.1) is 0 Å². The highest BCUT2D eigenvalue weighted by Crippen LogP contribution is 2.48. The van der Waals surface area contributed by atoms with Crippen molar-refractivity contribution in [1.29, 1.82) is 0 Å². The van der Waals surface area contributed by atoms with Crippen molar-refractivity contribution in [2.75, 3.05) is 4.90 Å². The molecule has 0 atom stereocenters. The van der Waals surface area contributed by atoms with Gasteiger partial charge in [0.2, 0.25) is 23.3 Å². The van der Waals surface area contributed by atoms with Crippen molar-refractivity contribution in [1.82, 2.24) is 0 Å². The van der Waals surface area contributed by atoms with E-state index in [9.17, 15) is 19.8 Å². The number of carbonyl (C=O) groups is 2. The summed E-state index contributed by atoms with van der Waals surface area (Å²) < 4.78 is 5.33. The number of furan rings is 1. The fraction of sp³-hybridized carbons (Fsp3) is 0.143. The van der Waals surface area contributed by atoms with E-state index in [4.69, 9.17) is 27.6 Å². The first kappa shape index (κ1) is 14.7. The van der Waals surface area contributed by atoms with Gasteiger partial charge in [-0.25, -0.2) is 4.90 Å². The first-order chi connectivity index (χ1) is 10.4. The third-order valence-corrected chi connectivity index (χ3v) is 3.66. The van der Waals surface area contributed by atoms with Gasteiger partial charge in [0, 0.05) is 28.5 Å². The van der Waals surface area contributed by atoms with Crippen molar-refractivity contribution in [3.8, 4) is 22.8 Å². The van der Waals surface area contributed by atoms with Crippen LogP contribution in [0.4, 0.5) is 5.88 Å². The quantitative estimate of drug-likeness (QED) is 0.817. The maximum atomic E-state index is 11.7. The summed E-state index contributed by atoms with van der Waals surface area (Å²) in [4.78, 5) is 24.1. The van der Waals surface area contributed by atoms with Crippen LogP contribution in [-0.2, 0) is 9.59 Å². The van der Waals surface area contributed by atoms with Crippen molar-refractivity contribution in [3.05, 3.63) is 28.2 Å². The molecule has 1 aromatic heterocycles. The molecule has 0 bridgehead atoms.